The number of nitrogens with zero attached hydrogens (tertiary/aromatic N) is 3. The number of rotatable bonds is 6. The fourth-order valence-electron chi connectivity index (χ4n) is 2.93. The van der Waals surface area contributed by atoms with E-state index in [1.807, 2.05) is 18.4 Å². The first kappa shape index (κ1) is 22.7. The smallest absolute Gasteiger partial charge is 0.191 e. The lowest BCUT2D eigenvalue weighted by molar-refractivity contribution is 0.280. The van der Waals surface area contributed by atoms with Gasteiger partial charge in [0, 0.05) is 50.1 Å². The summed E-state index contributed by atoms with van der Waals surface area (Å²) in [4.78, 5) is 10.7. The van der Waals surface area contributed by atoms with Crippen LogP contribution in [0.15, 0.2) is 22.5 Å². The van der Waals surface area contributed by atoms with Crippen LogP contribution in [0.25, 0.3) is 0 Å². The first-order chi connectivity index (χ1) is 11.5. The summed E-state index contributed by atoms with van der Waals surface area (Å²) < 4.78 is 0. The van der Waals surface area contributed by atoms with Crippen molar-refractivity contribution in [3.05, 3.63) is 22.4 Å². The van der Waals surface area contributed by atoms with E-state index in [4.69, 9.17) is 0 Å². The molecule has 0 amide bonds. The average molecular weight is 479 g/mol. The van der Waals surface area contributed by atoms with E-state index in [0.29, 0.717) is 0 Å². The quantitative estimate of drug-likeness (QED) is 0.374. The van der Waals surface area contributed by atoms with E-state index in [1.165, 1.54) is 30.9 Å². The van der Waals surface area contributed by atoms with Crippen molar-refractivity contribution in [2.24, 2.45) is 4.99 Å². The third kappa shape index (κ3) is 7.80. The second kappa shape index (κ2) is 11.4. The fraction of sp³-hybridized carbons (Fsp3) is 0.722. The van der Waals surface area contributed by atoms with Crippen LogP contribution in [0.4, 0.5) is 0 Å². The Morgan fingerprint density at radius 3 is 2.72 bits per heavy atom. The van der Waals surface area contributed by atoms with Crippen LogP contribution in [0.1, 0.15) is 25.1 Å². The van der Waals surface area contributed by atoms with Gasteiger partial charge in [0.1, 0.15) is 0 Å². The van der Waals surface area contributed by atoms with Crippen LogP contribution in [0.5, 0.6) is 0 Å². The Hall–Kier alpha value is -0.380. The highest BCUT2D eigenvalue weighted by Crippen LogP contribution is 2.26. The van der Waals surface area contributed by atoms with Gasteiger partial charge in [0.2, 0.25) is 0 Å². The van der Waals surface area contributed by atoms with Crippen molar-refractivity contribution in [1.82, 2.24) is 20.4 Å². The summed E-state index contributed by atoms with van der Waals surface area (Å²) in [6, 6.07) is 4.33. The van der Waals surface area contributed by atoms with Crippen LogP contribution >= 0.6 is 35.3 Å². The summed E-state index contributed by atoms with van der Waals surface area (Å²) in [7, 11) is 4.05. The monoisotopic (exact) mass is 479 g/mol. The topological polar surface area (TPSA) is 42.9 Å². The lowest BCUT2D eigenvalue weighted by Gasteiger charge is -2.25. The molecule has 1 fully saturated rings. The van der Waals surface area contributed by atoms with Gasteiger partial charge in [-0.3, -0.25) is 4.99 Å². The van der Waals surface area contributed by atoms with Crippen LogP contribution in [0.3, 0.4) is 0 Å². The number of hydrogen-bond donors (Lipinski definition) is 2. The molecule has 0 aliphatic carbocycles. The molecule has 1 aromatic rings. The molecule has 2 N–H and O–H groups in total. The molecule has 0 unspecified atom stereocenters. The van der Waals surface area contributed by atoms with Crippen molar-refractivity contribution in [2.45, 2.75) is 25.7 Å². The lowest BCUT2D eigenvalue weighted by atomic mass is 9.91. The molecule has 2 heterocycles. The van der Waals surface area contributed by atoms with Crippen LogP contribution in [-0.4, -0.2) is 75.7 Å². The van der Waals surface area contributed by atoms with Gasteiger partial charge in [0.25, 0.3) is 0 Å². The Balaban J connectivity index is 0.00000312. The fourth-order valence-corrected chi connectivity index (χ4v) is 3.78. The van der Waals surface area contributed by atoms with Crippen LogP contribution < -0.4 is 10.6 Å². The largest absolute Gasteiger partial charge is 0.356 e. The lowest BCUT2D eigenvalue weighted by Crippen LogP contribution is -2.45. The van der Waals surface area contributed by atoms with Crippen molar-refractivity contribution >= 4 is 41.3 Å². The van der Waals surface area contributed by atoms with Crippen molar-refractivity contribution in [2.75, 3.05) is 59.9 Å². The van der Waals surface area contributed by atoms with Gasteiger partial charge in [-0.2, -0.15) is 0 Å². The zero-order valence-electron chi connectivity index (χ0n) is 16.0. The van der Waals surface area contributed by atoms with Gasteiger partial charge < -0.3 is 20.4 Å². The predicted molar refractivity (Wildman–Crippen MR) is 121 cm³/mol. The number of likely N-dealkylation sites (N-methyl/N-ethyl adjacent to an activating group) is 1. The van der Waals surface area contributed by atoms with E-state index in [0.717, 1.165) is 32.1 Å². The highest BCUT2D eigenvalue weighted by Gasteiger charge is 2.22. The van der Waals surface area contributed by atoms with E-state index < -0.39 is 0 Å². The minimum absolute atomic E-state index is 0. The summed E-state index contributed by atoms with van der Waals surface area (Å²) in [5.41, 5.74) is 0.112. The van der Waals surface area contributed by atoms with E-state index >= 15 is 0 Å². The molecule has 1 aromatic heterocycles. The Kier molecular flexibility index (Phi) is 10.3. The summed E-state index contributed by atoms with van der Waals surface area (Å²) in [6.45, 7) is 12.2. The highest BCUT2D eigenvalue weighted by molar-refractivity contribution is 14.0. The van der Waals surface area contributed by atoms with Crippen LogP contribution in [0.2, 0.25) is 0 Å². The van der Waals surface area contributed by atoms with Crippen LogP contribution in [-0.2, 0) is 5.41 Å². The SMILES string of the molecule is CN=C(NCCN1CCCN(C)CC1)NCC(C)(C)c1cccs1.I. The van der Waals surface area contributed by atoms with E-state index in [1.54, 1.807) is 0 Å². The summed E-state index contributed by atoms with van der Waals surface area (Å²) in [5.74, 6) is 0.895. The summed E-state index contributed by atoms with van der Waals surface area (Å²) in [6.07, 6.45) is 1.26. The predicted octanol–water partition coefficient (Wildman–Crippen LogP) is 2.45. The number of thiophene rings is 1. The third-order valence-electron chi connectivity index (χ3n) is 4.64. The Bertz CT molecular complexity index is 504. The number of hydrogen-bond acceptors (Lipinski definition) is 4. The van der Waals surface area contributed by atoms with E-state index in [9.17, 15) is 0 Å². The normalized spacial score (nSPS) is 17.7. The van der Waals surface area contributed by atoms with Gasteiger partial charge in [-0.1, -0.05) is 19.9 Å². The molecular formula is C18H34IN5S. The van der Waals surface area contributed by atoms with Crippen LogP contribution in [0, 0.1) is 0 Å². The van der Waals surface area contributed by atoms with Gasteiger partial charge in [0.15, 0.2) is 5.96 Å². The molecule has 7 heteroatoms. The van der Waals surface area contributed by atoms with E-state index in [-0.39, 0.29) is 29.4 Å². The van der Waals surface area contributed by atoms with Gasteiger partial charge in [0.05, 0.1) is 0 Å². The molecule has 0 atom stereocenters. The van der Waals surface area contributed by atoms with Crippen molar-refractivity contribution in [3.63, 3.8) is 0 Å². The molecule has 0 bridgehead atoms. The Morgan fingerprint density at radius 2 is 2.04 bits per heavy atom. The standard InChI is InChI=1S/C18H33N5S.HI/c1-18(2,16-7-5-14-24-16)15-21-17(19-3)20-8-11-23-10-6-9-22(4)12-13-23;/h5,7,14H,6,8-13,15H2,1-4H3,(H2,19,20,21);1H. The second-order valence-corrected chi connectivity index (χ2v) is 8.16. The number of aliphatic imine (C=N–C) groups is 1. The van der Waals surface area contributed by atoms with Gasteiger partial charge >= 0.3 is 0 Å². The van der Waals surface area contributed by atoms with Gasteiger partial charge in [-0.15, -0.1) is 35.3 Å². The molecule has 0 saturated carbocycles. The maximum absolute atomic E-state index is 4.36. The Labute approximate surface area is 174 Å². The number of nitrogens with one attached hydrogen (secondary N) is 2. The molecule has 5 nitrogen and oxygen atoms in total. The zero-order chi connectivity index (χ0) is 17.4. The highest BCUT2D eigenvalue weighted by atomic mass is 127. The zero-order valence-corrected chi connectivity index (χ0v) is 19.2. The third-order valence-corrected chi connectivity index (χ3v) is 5.88. The van der Waals surface area contributed by atoms with Gasteiger partial charge in [-0.25, -0.2) is 0 Å². The average Bonchev–Trinajstić information content (AvgIpc) is 3.03. The van der Waals surface area contributed by atoms with Gasteiger partial charge in [-0.05, 0) is 38.0 Å². The molecule has 0 spiro atoms. The Morgan fingerprint density at radius 1 is 1.24 bits per heavy atom. The van der Waals surface area contributed by atoms with E-state index in [2.05, 4.69) is 63.8 Å². The number of halogens is 1. The molecule has 1 saturated heterocycles. The summed E-state index contributed by atoms with van der Waals surface area (Å²) in [5, 5.41) is 9.07. The summed E-state index contributed by atoms with van der Waals surface area (Å²) >= 11 is 1.82. The minimum atomic E-state index is 0. The molecule has 1 aliphatic heterocycles. The minimum Gasteiger partial charge on any atom is -0.356 e. The first-order valence-electron chi connectivity index (χ1n) is 8.91. The maximum atomic E-state index is 4.36. The number of guanidine groups is 1. The molecular weight excluding hydrogens is 445 g/mol. The molecule has 25 heavy (non-hydrogen) atoms. The first-order valence-corrected chi connectivity index (χ1v) is 9.78. The van der Waals surface area contributed by atoms with Crippen molar-refractivity contribution in [1.29, 1.82) is 0 Å². The molecule has 0 radical (unpaired) electrons. The molecule has 2 rings (SSSR count). The maximum Gasteiger partial charge on any atom is 0.191 e. The molecule has 1 aliphatic rings. The van der Waals surface area contributed by atoms with Crippen molar-refractivity contribution < 1.29 is 0 Å². The second-order valence-electron chi connectivity index (χ2n) is 7.21. The molecule has 144 valence electrons. The molecule has 0 aromatic carbocycles. The van der Waals surface area contributed by atoms with Crippen molar-refractivity contribution in [3.8, 4) is 0 Å².